The summed E-state index contributed by atoms with van der Waals surface area (Å²) in [6.07, 6.45) is 5.79. The average molecular weight is 334 g/mol. The second-order valence-electron chi connectivity index (χ2n) is 5.72. The normalized spacial score (nSPS) is 16.0. The second-order valence-corrected chi connectivity index (χ2v) is 6.59. The molecule has 0 bridgehead atoms. The minimum absolute atomic E-state index is 0.00556. The fourth-order valence-electron chi connectivity index (χ4n) is 2.73. The molecular weight excluding hydrogens is 312 g/mol. The minimum atomic E-state index is -0.00556. The monoisotopic (exact) mass is 334 g/mol. The number of rotatable bonds is 5. The number of amides is 1. The number of imidazole rings is 1. The fraction of sp³-hybridized carbons (Fsp3) is 0.500. The highest BCUT2D eigenvalue weighted by Crippen LogP contribution is 2.16. The Morgan fingerprint density at radius 2 is 2.09 bits per heavy atom. The van der Waals surface area contributed by atoms with Crippen LogP contribution in [0, 0.1) is 0 Å². The molecule has 1 aliphatic rings. The molecule has 2 aromatic rings. The molecule has 0 N–H and O–H groups in total. The van der Waals surface area contributed by atoms with E-state index < -0.39 is 0 Å². The number of furan rings is 1. The Morgan fingerprint density at radius 3 is 2.74 bits per heavy atom. The van der Waals surface area contributed by atoms with E-state index in [1.807, 2.05) is 41.2 Å². The van der Waals surface area contributed by atoms with Crippen LogP contribution in [0.5, 0.6) is 0 Å². The lowest BCUT2D eigenvalue weighted by Crippen LogP contribution is -2.48. The SMILES string of the molecule is CSCc1ccc(C(=O)N2CCN(Cc3nccn3C)CC2)o1. The number of nitrogens with zero attached hydrogens (tertiary/aromatic N) is 4. The molecule has 1 fully saturated rings. The molecule has 3 rings (SSSR count). The summed E-state index contributed by atoms with van der Waals surface area (Å²) in [6.45, 7) is 3.99. The molecule has 1 saturated heterocycles. The minimum Gasteiger partial charge on any atom is -0.455 e. The summed E-state index contributed by atoms with van der Waals surface area (Å²) >= 11 is 1.69. The Bertz CT molecular complexity index is 659. The molecule has 1 aliphatic heterocycles. The van der Waals surface area contributed by atoms with E-state index >= 15 is 0 Å². The Morgan fingerprint density at radius 1 is 1.30 bits per heavy atom. The number of hydrogen-bond donors (Lipinski definition) is 0. The van der Waals surface area contributed by atoms with Crippen molar-refractivity contribution in [3.63, 3.8) is 0 Å². The van der Waals surface area contributed by atoms with Crippen molar-refractivity contribution in [1.82, 2.24) is 19.4 Å². The molecule has 3 heterocycles. The van der Waals surface area contributed by atoms with Gasteiger partial charge < -0.3 is 13.9 Å². The first-order valence-corrected chi connectivity index (χ1v) is 9.12. The topological polar surface area (TPSA) is 54.5 Å². The molecule has 124 valence electrons. The first kappa shape index (κ1) is 16.1. The number of piperazine rings is 1. The average Bonchev–Trinajstić information content (AvgIpc) is 3.18. The van der Waals surface area contributed by atoms with Crippen molar-refractivity contribution >= 4 is 17.7 Å². The standard InChI is InChI=1S/C16H22N4O2S/c1-18-6-5-17-15(18)11-19-7-9-20(10-8-19)16(21)14-4-3-13(22-14)12-23-2/h3-6H,7-12H2,1-2H3. The number of carbonyl (C=O) groups is 1. The van der Waals surface area contributed by atoms with Crippen LogP contribution in [0.2, 0.25) is 0 Å². The van der Waals surface area contributed by atoms with Crippen LogP contribution in [0.15, 0.2) is 28.9 Å². The molecule has 0 saturated carbocycles. The third-order valence-electron chi connectivity index (χ3n) is 4.10. The molecule has 0 radical (unpaired) electrons. The second kappa shape index (κ2) is 7.23. The van der Waals surface area contributed by atoms with Crippen molar-refractivity contribution in [2.75, 3.05) is 32.4 Å². The van der Waals surface area contributed by atoms with Crippen LogP contribution in [-0.4, -0.2) is 57.7 Å². The van der Waals surface area contributed by atoms with Gasteiger partial charge >= 0.3 is 0 Å². The van der Waals surface area contributed by atoms with Gasteiger partial charge in [0.05, 0.1) is 12.3 Å². The van der Waals surface area contributed by atoms with Gasteiger partial charge in [0.15, 0.2) is 5.76 Å². The van der Waals surface area contributed by atoms with E-state index in [4.69, 9.17) is 4.42 Å². The Hall–Kier alpha value is -1.73. The van der Waals surface area contributed by atoms with Crippen molar-refractivity contribution in [2.45, 2.75) is 12.3 Å². The lowest BCUT2D eigenvalue weighted by molar-refractivity contribution is 0.0592. The third kappa shape index (κ3) is 3.79. The van der Waals surface area contributed by atoms with E-state index in [0.717, 1.165) is 50.1 Å². The van der Waals surface area contributed by atoms with Crippen molar-refractivity contribution in [2.24, 2.45) is 7.05 Å². The third-order valence-corrected chi connectivity index (χ3v) is 4.68. The van der Waals surface area contributed by atoms with Crippen LogP contribution in [0.25, 0.3) is 0 Å². The lowest BCUT2D eigenvalue weighted by Gasteiger charge is -2.34. The van der Waals surface area contributed by atoms with Gasteiger partial charge in [-0.1, -0.05) is 0 Å². The number of carbonyl (C=O) groups excluding carboxylic acids is 1. The van der Waals surface area contributed by atoms with Crippen molar-refractivity contribution in [3.05, 3.63) is 41.9 Å². The zero-order valence-electron chi connectivity index (χ0n) is 13.6. The molecule has 1 amide bonds. The number of aromatic nitrogens is 2. The molecule has 0 unspecified atom stereocenters. The maximum absolute atomic E-state index is 12.5. The van der Waals surface area contributed by atoms with Gasteiger partial charge in [-0.2, -0.15) is 11.8 Å². The summed E-state index contributed by atoms with van der Waals surface area (Å²) in [4.78, 5) is 21.0. The van der Waals surface area contributed by atoms with Gasteiger partial charge in [-0.25, -0.2) is 4.98 Å². The van der Waals surface area contributed by atoms with Crippen LogP contribution in [0.4, 0.5) is 0 Å². The highest BCUT2D eigenvalue weighted by Gasteiger charge is 2.24. The van der Waals surface area contributed by atoms with Gasteiger partial charge in [-0.05, 0) is 18.4 Å². The van der Waals surface area contributed by atoms with Crippen molar-refractivity contribution in [3.8, 4) is 0 Å². The lowest BCUT2D eigenvalue weighted by atomic mass is 10.3. The summed E-state index contributed by atoms with van der Waals surface area (Å²) in [5.41, 5.74) is 0. The smallest absolute Gasteiger partial charge is 0.289 e. The van der Waals surface area contributed by atoms with Crippen molar-refractivity contribution < 1.29 is 9.21 Å². The highest BCUT2D eigenvalue weighted by atomic mass is 32.2. The number of hydrogen-bond acceptors (Lipinski definition) is 5. The predicted molar refractivity (Wildman–Crippen MR) is 90.3 cm³/mol. The largest absolute Gasteiger partial charge is 0.455 e. The van der Waals surface area contributed by atoms with E-state index in [1.54, 1.807) is 17.8 Å². The Kier molecular flexibility index (Phi) is 5.07. The van der Waals surface area contributed by atoms with Crippen molar-refractivity contribution in [1.29, 1.82) is 0 Å². The van der Waals surface area contributed by atoms with E-state index in [9.17, 15) is 4.79 Å². The first-order valence-electron chi connectivity index (χ1n) is 7.73. The summed E-state index contributed by atoms with van der Waals surface area (Å²) in [5, 5.41) is 0. The quantitative estimate of drug-likeness (QED) is 0.835. The van der Waals surface area contributed by atoms with Crippen LogP contribution < -0.4 is 0 Å². The number of aryl methyl sites for hydroxylation is 1. The predicted octanol–water partition coefficient (Wildman–Crippen LogP) is 1.83. The molecule has 0 spiro atoms. The molecular formula is C16H22N4O2S. The Labute approximate surface area is 140 Å². The van der Waals surface area contributed by atoms with Gasteiger partial charge in [0, 0.05) is 45.6 Å². The van der Waals surface area contributed by atoms with E-state index in [0.29, 0.717) is 5.76 Å². The molecule has 0 atom stereocenters. The van der Waals surface area contributed by atoms with Crippen LogP contribution >= 0.6 is 11.8 Å². The van der Waals surface area contributed by atoms with Gasteiger partial charge in [0.2, 0.25) is 0 Å². The molecule has 0 aromatic carbocycles. The van der Waals surface area contributed by atoms with Gasteiger partial charge in [0.1, 0.15) is 11.6 Å². The summed E-state index contributed by atoms with van der Waals surface area (Å²) in [6, 6.07) is 3.68. The molecule has 6 nitrogen and oxygen atoms in total. The number of thioether (sulfide) groups is 1. The van der Waals surface area contributed by atoms with Crippen LogP contribution in [-0.2, 0) is 19.3 Å². The zero-order chi connectivity index (χ0) is 16.2. The maximum atomic E-state index is 12.5. The van der Waals surface area contributed by atoms with E-state index in [2.05, 4.69) is 9.88 Å². The molecule has 23 heavy (non-hydrogen) atoms. The van der Waals surface area contributed by atoms with E-state index in [-0.39, 0.29) is 5.91 Å². The van der Waals surface area contributed by atoms with Gasteiger partial charge in [-0.3, -0.25) is 9.69 Å². The van der Waals surface area contributed by atoms with Crippen LogP contribution in [0.1, 0.15) is 22.1 Å². The van der Waals surface area contributed by atoms with Gasteiger partial charge in [0.25, 0.3) is 5.91 Å². The molecule has 2 aromatic heterocycles. The summed E-state index contributed by atoms with van der Waals surface area (Å²) < 4.78 is 7.66. The maximum Gasteiger partial charge on any atom is 0.289 e. The fourth-order valence-corrected chi connectivity index (χ4v) is 3.17. The highest BCUT2D eigenvalue weighted by molar-refractivity contribution is 7.97. The zero-order valence-corrected chi connectivity index (χ0v) is 14.4. The Balaban J connectivity index is 1.53. The van der Waals surface area contributed by atoms with Gasteiger partial charge in [-0.15, -0.1) is 0 Å². The summed E-state index contributed by atoms with van der Waals surface area (Å²) in [7, 11) is 2.01. The van der Waals surface area contributed by atoms with E-state index in [1.165, 1.54) is 0 Å². The van der Waals surface area contributed by atoms with Crippen LogP contribution in [0.3, 0.4) is 0 Å². The summed E-state index contributed by atoms with van der Waals surface area (Å²) in [5.74, 6) is 3.15. The first-order chi connectivity index (χ1) is 11.2. The molecule has 0 aliphatic carbocycles. The molecule has 7 heteroatoms.